The molecule has 2 unspecified atom stereocenters. The predicted octanol–water partition coefficient (Wildman–Crippen LogP) is 5.71. The quantitative estimate of drug-likeness (QED) is 0.110. The minimum atomic E-state index is -0.409. The van der Waals surface area contributed by atoms with E-state index in [9.17, 15) is 4.79 Å². The fourth-order valence-electron chi connectivity index (χ4n) is 3.84. The molecular formula is C31H34O7. The molecule has 2 heterocycles. The molecule has 3 aromatic carbocycles. The molecule has 0 aliphatic carbocycles. The van der Waals surface area contributed by atoms with E-state index < -0.39 is 5.97 Å². The van der Waals surface area contributed by atoms with Crippen LogP contribution in [0.15, 0.2) is 72.8 Å². The number of rotatable bonds is 15. The van der Waals surface area contributed by atoms with E-state index in [1.165, 1.54) is 0 Å². The van der Waals surface area contributed by atoms with Crippen molar-refractivity contribution in [1.82, 2.24) is 0 Å². The fourth-order valence-corrected chi connectivity index (χ4v) is 3.84. The summed E-state index contributed by atoms with van der Waals surface area (Å²) < 4.78 is 33.1. The first-order valence-electron chi connectivity index (χ1n) is 13.2. The molecule has 2 atom stereocenters. The first-order valence-corrected chi connectivity index (χ1v) is 13.2. The van der Waals surface area contributed by atoms with Crippen LogP contribution in [-0.2, 0) is 14.2 Å². The van der Waals surface area contributed by atoms with E-state index in [0.717, 1.165) is 61.7 Å². The Labute approximate surface area is 223 Å². The van der Waals surface area contributed by atoms with Gasteiger partial charge < -0.3 is 28.4 Å². The van der Waals surface area contributed by atoms with Crippen LogP contribution in [0.4, 0.5) is 0 Å². The molecule has 0 spiro atoms. The van der Waals surface area contributed by atoms with Crippen molar-refractivity contribution in [2.45, 2.75) is 37.9 Å². The predicted molar refractivity (Wildman–Crippen MR) is 143 cm³/mol. The van der Waals surface area contributed by atoms with Gasteiger partial charge in [-0.15, -0.1) is 0 Å². The lowest BCUT2D eigenvalue weighted by molar-refractivity contribution is 0.0734. The van der Waals surface area contributed by atoms with Crippen LogP contribution in [0.3, 0.4) is 0 Å². The van der Waals surface area contributed by atoms with Crippen LogP contribution in [0.1, 0.15) is 36.5 Å². The summed E-state index contributed by atoms with van der Waals surface area (Å²) in [4.78, 5) is 12.6. The highest BCUT2D eigenvalue weighted by Gasteiger charge is 2.38. The van der Waals surface area contributed by atoms with Crippen LogP contribution >= 0.6 is 0 Å². The van der Waals surface area contributed by atoms with Gasteiger partial charge in [-0.2, -0.15) is 0 Å². The zero-order valence-corrected chi connectivity index (χ0v) is 21.7. The van der Waals surface area contributed by atoms with Gasteiger partial charge in [-0.05, 0) is 79.4 Å². The largest absolute Gasteiger partial charge is 0.494 e. The Hall–Kier alpha value is -3.39. The van der Waals surface area contributed by atoms with Gasteiger partial charge in [-0.25, -0.2) is 4.79 Å². The van der Waals surface area contributed by atoms with Gasteiger partial charge in [0.25, 0.3) is 0 Å². The van der Waals surface area contributed by atoms with Crippen molar-refractivity contribution in [3.63, 3.8) is 0 Å². The zero-order valence-electron chi connectivity index (χ0n) is 21.7. The van der Waals surface area contributed by atoms with Crippen molar-refractivity contribution in [2.75, 3.05) is 39.6 Å². The average Bonchev–Trinajstić information content (AvgIpc) is 3.88. The molecule has 3 aromatic rings. The number of ether oxygens (including phenoxy) is 6. The molecule has 0 amide bonds. The Morgan fingerprint density at radius 2 is 1.37 bits per heavy atom. The van der Waals surface area contributed by atoms with E-state index in [1.54, 1.807) is 36.4 Å². The monoisotopic (exact) mass is 518 g/mol. The number of hydrogen-bond acceptors (Lipinski definition) is 7. The van der Waals surface area contributed by atoms with Gasteiger partial charge in [0.05, 0.1) is 44.2 Å². The second-order valence-electron chi connectivity index (χ2n) is 9.89. The summed E-state index contributed by atoms with van der Waals surface area (Å²) in [7, 11) is 0. The van der Waals surface area contributed by atoms with Crippen LogP contribution < -0.4 is 14.2 Å². The van der Waals surface area contributed by atoms with Crippen LogP contribution in [0.2, 0.25) is 0 Å². The van der Waals surface area contributed by atoms with Gasteiger partial charge in [0.2, 0.25) is 0 Å². The Morgan fingerprint density at radius 1 is 0.816 bits per heavy atom. The maximum atomic E-state index is 12.6. The van der Waals surface area contributed by atoms with E-state index in [2.05, 4.69) is 6.92 Å². The molecule has 0 N–H and O–H groups in total. The Morgan fingerprint density at radius 3 is 1.97 bits per heavy atom. The molecule has 2 aliphatic rings. The topological polar surface area (TPSA) is 79.1 Å². The average molecular weight is 519 g/mol. The number of carbonyl (C=O) groups excluding carboxylic acids is 1. The van der Waals surface area contributed by atoms with Crippen LogP contribution in [-0.4, -0.2) is 57.3 Å². The van der Waals surface area contributed by atoms with Crippen LogP contribution in [0.5, 0.6) is 17.2 Å². The van der Waals surface area contributed by atoms with Crippen molar-refractivity contribution >= 4 is 5.97 Å². The van der Waals surface area contributed by atoms with Crippen LogP contribution in [0.25, 0.3) is 11.1 Å². The van der Waals surface area contributed by atoms with Gasteiger partial charge in [-0.3, -0.25) is 0 Å². The van der Waals surface area contributed by atoms with Crippen molar-refractivity contribution in [2.24, 2.45) is 0 Å². The number of hydrogen-bond donors (Lipinski definition) is 0. The second-order valence-corrected chi connectivity index (χ2v) is 9.89. The van der Waals surface area contributed by atoms with Crippen molar-refractivity contribution in [3.8, 4) is 28.4 Å². The molecular weight excluding hydrogens is 484 g/mol. The van der Waals surface area contributed by atoms with Crippen molar-refractivity contribution in [1.29, 1.82) is 0 Å². The molecule has 0 bridgehead atoms. The van der Waals surface area contributed by atoms with E-state index in [0.29, 0.717) is 37.2 Å². The molecule has 0 aromatic heterocycles. The number of benzene rings is 3. The SMILES string of the molecule is CC1(CCOc2ccc(C(=O)Oc3ccc(-c4ccc(OCCCCOCC5CO5)cc4)cc3)cc2)CO1. The summed E-state index contributed by atoms with van der Waals surface area (Å²) >= 11 is 0. The van der Waals surface area contributed by atoms with Gasteiger partial charge in [-0.1, -0.05) is 24.3 Å². The van der Waals surface area contributed by atoms with E-state index in [4.69, 9.17) is 28.4 Å². The Balaban J connectivity index is 1.03. The van der Waals surface area contributed by atoms with Crippen LogP contribution in [0, 0.1) is 0 Å². The number of esters is 1. The minimum absolute atomic E-state index is 0.0293. The normalized spacial score (nSPS) is 19.6. The summed E-state index contributed by atoms with van der Waals surface area (Å²) in [6.45, 7) is 6.37. The minimum Gasteiger partial charge on any atom is -0.494 e. The molecule has 38 heavy (non-hydrogen) atoms. The molecule has 2 fully saturated rings. The third kappa shape index (κ3) is 8.05. The zero-order chi connectivity index (χ0) is 26.2. The van der Waals surface area contributed by atoms with E-state index >= 15 is 0 Å². The summed E-state index contributed by atoms with van der Waals surface area (Å²) in [5.41, 5.74) is 2.53. The third-order valence-electron chi connectivity index (χ3n) is 6.54. The van der Waals surface area contributed by atoms with Gasteiger partial charge in [0, 0.05) is 13.0 Å². The van der Waals surface area contributed by atoms with Gasteiger partial charge in [0.15, 0.2) is 0 Å². The molecule has 200 valence electrons. The van der Waals surface area contributed by atoms with Gasteiger partial charge >= 0.3 is 5.97 Å². The molecule has 5 rings (SSSR count). The summed E-state index contributed by atoms with van der Waals surface area (Å²) in [6, 6.07) is 22.4. The lowest BCUT2D eigenvalue weighted by atomic mass is 10.1. The summed E-state index contributed by atoms with van der Waals surface area (Å²) in [5.74, 6) is 1.64. The number of carbonyl (C=O) groups is 1. The number of unbranched alkanes of at least 4 members (excludes halogenated alkanes) is 1. The smallest absolute Gasteiger partial charge is 0.343 e. The Kier molecular flexibility index (Phi) is 8.58. The summed E-state index contributed by atoms with van der Waals surface area (Å²) in [6.07, 6.45) is 3.08. The molecule has 7 heteroatoms. The first-order chi connectivity index (χ1) is 18.6. The molecule has 0 saturated carbocycles. The lowest BCUT2D eigenvalue weighted by Crippen LogP contribution is -2.11. The maximum absolute atomic E-state index is 12.6. The highest BCUT2D eigenvalue weighted by atomic mass is 16.6. The molecule has 2 aliphatic heterocycles. The van der Waals surface area contributed by atoms with Crippen molar-refractivity contribution < 1.29 is 33.2 Å². The lowest BCUT2D eigenvalue weighted by Gasteiger charge is -2.10. The van der Waals surface area contributed by atoms with Gasteiger partial charge in [0.1, 0.15) is 23.4 Å². The number of epoxide rings is 2. The molecule has 0 radical (unpaired) electrons. The third-order valence-corrected chi connectivity index (χ3v) is 6.54. The molecule has 7 nitrogen and oxygen atoms in total. The van der Waals surface area contributed by atoms with E-state index in [1.807, 2.05) is 36.4 Å². The standard InChI is InChI=1S/C31H34O7/c1-31(22-37-31)16-19-35-27-12-8-25(9-13-27)30(32)38-28-14-6-24(7-15-28)23-4-10-26(11-5-23)34-18-3-2-17-33-20-29-21-36-29/h4-15,29H,2-3,16-22H2,1H3. The Bertz CT molecular complexity index is 1160. The highest BCUT2D eigenvalue weighted by Crippen LogP contribution is 2.30. The fraction of sp³-hybridized carbons (Fsp3) is 0.387. The first kappa shape index (κ1) is 26.2. The molecule has 2 saturated heterocycles. The highest BCUT2D eigenvalue weighted by molar-refractivity contribution is 5.91. The maximum Gasteiger partial charge on any atom is 0.343 e. The second kappa shape index (κ2) is 12.4. The van der Waals surface area contributed by atoms with E-state index in [-0.39, 0.29) is 5.60 Å². The summed E-state index contributed by atoms with van der Waals surface area (Å²) in [5, 5.41) is 0. The van der Waals surface area contributed by atoms with Crippen molar-refractivity contribution in [3.05, 3.63) is 78.4 Å².